The van der Waals surface area contributed by atoms with Gasteiger partial charge in [0.15, 0.2) is 23.8 Å². The van der Waals surface area contributed by atoms with Crippen LogP contribution in [-0.2, 0) is 14.3 Å². The van der Waals surface area contributed by atoms with Crippen molar-refractivity contribution in [3.63, 3.8) is 0 Å². The summed E-state index contributed by atoms with van der Waals surface area (Å²) in [6, 6.07) is 9.16. The lowest BCUT2D eigenvalue weighted by molar-refractivity contribution is -0.134. The molecule has 2 aromatic rings. The molecular formula is C24H26N2O5S. The van der Waals surface area contributed by atoms with Gasteiger partial charge in [0, 0.05) is 18.0 Å². The van der Waals surface area contributed by atoms with Crippen LogP contribution in [0.1, 0.15) is 41.5 Å². The molecule has 7 nitrogen and oxygen atoms in total. The molecule has 3 heterocycles. The van der Waals surface area contributed by atoms with E-state index in [1.54, 1.807) is 24.3 Å². The zero-order chi connectivity index (χ0) is 22.5. The number of cyclic esters (lactones) is 1. The van der Waals surface area contributed by atoms with Crippen LogP contribution in [0.25, 0.3) is 6.08 Å². The zero-order valence-electron chi connectivity index (χ0n) is 18.3. The molecule has 0 radical (unpaired) electrons. The third-order valence-electron chi connectivity index (χ3n) is 5.20. The predicted molar refractivity (Wildman–Crippen MR) is 123 cm³/mol. The topological polar surface area (TPSA) is 77.4 Å². The summed E-state index contributed by atoms with van der Waals surface area (Å²) in [6.07, 6.45) is 4.90. The van der Waals surface area contributed by atoms with Crippen LogP contribution in [-0.4, -0.2) is 49.0 Å². The minimum Gasteiger partial charge on any atom is -0.490 e. The Bertz CT molecular complexity index is 1070. The summed E-state index contributed by atoms with van der Waals surface area (Å²) >= 11 is 1.52. The fourth-order valence-corrected chi connectivity index (χ4v) is 4.39. The third kappa shape index (κ3) is 5.19. The Hall–Kier alpha value is -3.13. The Morgan fingerprint density at radius 3 is 2.69 bits per heavy atom. The number of hydrogen-bond donors (Lipinski definition) is 0. The smallest absolute Gasteiger partial charge is 0.363 e. The second-order valence-corrected chi connectivity index (χ2v) is 8.90. The number of ether oxygens (including phenoxy) is 3. The predicted octanol–water partition coefficient (Wildman–Crippen LogP) is 4.19. The molecule has 1 amide bonds. The average Bonchev–Trinajstić information content (AvgIpc) is 3.39. The Morgan fingerprint density at radius 1 is 1.16 bits per heavy atom. The highest BCUT2D eigenvalue weighted by molar-refractivity contribution is 7.14. The van der Waals surface area contributed by atoms with Crippen molar-refractivity contribution in [2.75, 3.05) is 26.3 Å². The Kier molecular flexibility index (Phi) is 6.90. The highest BCUT2D eigenvalue weighted by atomic mass is 32.1. The van der Waals surface area contributed by atoms with E-state index in [0.717, 1.165) is 41.2 Å². The molecule has 1 saturated heterocycles. The van der Waals surface area contributed by atoms with Crippen LogP contribution < -0.4 is 9.47 Å². The molecule has 1 fully saturated rings. The quantitative estimate of drug-likeness (QED) is 0.463. The molecule has 1 aromatic heterocycles. The standard InChI is InChI=1S/C24H26N2O5S/c1-3-29-20-14-17(8-9-19(20)30-15-22(27)26-11-5-4-6-12-26)13-18-24(28)31-23(25-18)21-10-7-16(2)32-21/h7-10,13-14H,3-6,11-12,15H2,1-2H3/b18-13-. The first-order chi connectivity index (χ1) is 15.5. The summed E-state index contributed by atoms with van der Waals surface area (Å²) in [6.45, 7) is 5.86. The van der Waals surface area contributed by atoms with E-state index < -0.39 is 5.97 Å². The number of thiophene rings is 1. The molecule has 0 unspecified atom stereocenters. The molecule has 0 aliphatic carbocycles. The number of nitrogens with zero attached hydrogens (tertiary/aromatic N) is 2. The summed E-state index contributed by atoms with van der Waals surface area (Å²) in [5.74, 6) is 0.819. The van der Waals surface area contributed by atoms with E-state index >= 15 is 0 Å². The minimum atomic E-state index is -0.489. The van der Waals surface area contributed by atoms with E-state index in [0.29, 0.717) is 24.0 Å². The van der Waals surface area contributed by atoms with Crippen LogP contribution in [0, 0.1) is 6.92 Å². The van der Waals surface area contributed by atoms with Gasteiger partial charge in [-0.05, 0) is 69.0 Å². The van der Waals surface area contributed by atoms with Gasteiger partial charge in [0.25, 0.3) is 5.91 Å². The number of rotatable bonds is 7. The lowest BCUT2D eigenvalue weighted by atomic mass is 10.1. The van der Waals surface area contributed by atoms with Crippen molar-refractivity contribution >= 4 is 35.2 Å². The molecule has 0 atom stereocenters. The number of piperidine rings is 1. The normalized spacial score (nSPS) is 17.3. The molecule has 0 N–H and O–H groups in total. The number of aliphatic imine (C=N–C) groups is 1. The fraction of sp³-hybridized carbons (Fsp3) is 0.375. The minimum absolute atomic E-state index is 0.0160. The molecule has 2 aliphatic rings. The highest BCUT2D eigenvalue weighted by Gasteiger charge is 2.25. The number of carbonyl (C=O) groups excluding carboxylic acids is 2. The van der Waals surface area contributed by atoms with Gasteiger partial charge in [0.05, 0.1) is 11.5 Å². The molecule has 0 saturated carbocycles. The lowest BCUT2D eigenvalue weighted by Gasteiger charge is -2.26. The number of hydrogen-bond acceptors (Lipinski definition) is 7. The van der Waals surface area contributed by atoms with Crippen molar-refractivity contribution in [3.8, 4) is 11.5 Å². The maximum atomic E-state index is 12.4. The van der Waals surface area contributed by atoms with Gasteiger partial charge in [-0.3, -0.25) is 4.79 Å². The van der Waals surface area contributed by atoms with Crippen LogP contribution in [0.3, 0.4) is 0 Å². The summed E-state index contributed by atoms with van der Waals surface area (Å²) < 4.78 is 16.8. The summed E-state index contributed by atoms with van der Waals surface area (Å²) in [5.41, 5.74) is 0.949. The first kappa shape index (κ1) is 22.1. The van der Waals surface area contributed by atoms with Gasteiger partial charge in [-0.25, -0.2) is 9.79 Å². The number of carbonyl (C=O) groups is 2. The summed E-state index contributed by atoms with van der Waals surface area (Å²) in [4.78, 5) is 32.8. The molecule has 0 spiro atoms. The SMILES string of the molecule is CCOc1cc(/C=C2\N=C(c3ccc(C)s3)OC2=O)ccc1OCC(=O)N1CCCCC1. The van der Waals surface area contributed by atoms with Gasteiger partial charge >= 0.3 is 5.97 Å². The van der Waals surface area contributed by atoms with E-state index in [2.05, 4.69) is 4.99 Å². The molecular weight excluding hydrogens is 428 g/mol. The molecule has 32 heavy (non-hydrogen) atoms. The maximum absolute atomic E-state index is 12.4. The number of likely N-dealkylation sites (tertiary alicyclic amines) is 1. The molecule has 0 bridgehead atoms. The Morgan fingerprint density at radius 2 is 1.97 bits per heavy atom. The van der Waals surface area contributed by atoms with Gasteiger partial charge < -0.3 is 19.1 Å². The van der Waals surface area contributed by atoms with Crippen molar-refractivity contribution in [3.05, 3.63) is 51.3 Å². The zero-order valence-corrected chi connectivity index (χ0v) is 19.1. The van der Waals surface area contributed by atoms with Crippen LogP contribution in [0.15, 0.2) is 41.0 Å². The van der Waals surface area contributed by atoms with Crippen molar-refractivity contribution in [2.45, 2.75) is 33.1 Å². The van der Waals surface area contributed by atoms with Gasteiger partial charge in [0.2, 0.25) is 5.90 Å². The number of amides is 1. The summed E-state index contributed by atoms with van der Waals surface area (Å²) in [5, 5.41) is 0. The monoisotopic (exact) mass is 454 g/mol. The van der Waals surface area contributed by atoms with E-state index in [1.807, 2.05) is 30.9 Å². The molecule has 168 valence electrons. The molecule has 2 aliphatic heterocycles. The highest BCUT2D eigenvalue weighted by Crippen LogP contribution is 2.31. The lowest BCUT2D eigenvalue weighted by Crippen LogP contribution is -2.38. The van der Waals surface area contributed by atoms with Crippen molar-refractivity contribution in [2.24, 2.45) is 4.99 Å². The van der Waals surface area contributed by atoms with Gasteiger partial charge in [0.1, 0.15) is 0 Å². The van der Waals surface area contributed by atoms with E-state index in [9.17, 15) is 9.59 Å². The first-order valence-electron chi connectivity index (χ1n) is 10.8. The molecule has 8 heteroatoms. The number of aryl methyl sites for hydroxylation is 1. The number of benzene rings is 1. The maximum Gasteiger partial charge on any atom is 0.363 e. The van der Waals surface area contributed by atoms with Crippen LogP contribution >= 0.6 is 11.3 Å². The van der Waals surface area contributed by atoms with Gasteiger partial charge in [-0.15, -0.1) is 11.3 Å². The Labute approximate surface area is 191 Å². The van der Waals surface area contributed by atoms with Gasteiger partial charge in [-0.1, -0.05) is 6.07 Å². The van der Waals surface area contributed by atoms with Crippen LogP contribution in [0.2, 0.25) is 0 Å². The van der Waals surface area contributed by atoms with Crippen molar-refractivity contribution in [1.29, 1.82) is 0 Å². The number of esters is 1. The van der Waals surface area contributed by atoms with E-state index in [-0.39, 0.29) is 18.2 Å². The largest absolute Gasteiger partial charge is 0.490 e. The van der Waals surface area contributed by atoms with Crippen LogP contribution in [0.4, 0.5) is 0 Å². The Balaban J connectivity index is 1.49. The fourth-order valence-electron chi connectivity index (χ4n) is 3.60. The molecule has 1 aromatic carbocycles. The third-order valence-corrected chi connectivity index (χ3v) is 6.19. The molecule has 4 rings (SSSR count). The van der Waals surface area contributed by atoms with Crippen molar-refractivity contribution < 1.29 is 23.8 Å². The van der Waals surface area contributed by atoms with Crippen molar-refractivity contribution in [1.82, 2.24) is 4.90 Å². The van der Waals surface area contributed by atoms with E-state index in [1.165, 1.54) is 17.8 Å². The van der Waals surface area contributed by atoms with E-state index in [4.69, 9.17) is 14.2 Å². The average molecular weight is 455 g/mol. The van der Waals surface area contributed by atoms with Crippen LogP contribution in [0.5, 0.6) is 11.5 Å². The first-order valence-corrected chi connectivity index (χ1v) is 11.6. The van der Waals surface area contributed by atoms with Gasteiger partial charge in [-0.2, -0.15) is 0 Å². The summed E-state index contributed by atoms with van der Waals surface area (Å²) in [7, 11) is 0. The second kappa shape index (κ2) is 9.99. The second-order valence-electron chi connectivity index (χ2n) is 7.62.